The van der Waals surface area contributed by atoms with Gasteiger partial charge in [0.05, 0.1) is 230 Å². The molecule has 18 unspecified atom stereocenters. The average molecular weight is 1940 g/mol. The number of ether oxygens (including phenoxy) is 25. The Morgan fingerprint density at radius 1 is 0.285 bits per heavy atom. The summed E-state index contributed by atoms with van der Waals surface area (Å²) in [7, 11) is 13.3. The number of aliphatic hydroxyl groups is 2. The minimum absolute atomic E-state index is 0.0139. The molecule has 0 aliphatic carbocycles. The highest BCUT2D eigenvalue weighted by Crippen LogP contribution is 2.28. The zero-order valence-corrected chi connectivity index (χ0v) is 89.1. The molecule has 0 radical (unpaired) electrons. The Balaban J connectivity index is 0.00000176. The van der Waals surface area contributed by atoms with Gasteiger partial charge in [0.25, 0.3) is 0 Å². The molecule has 0 aliphatic heterocycles. The van der Waals surface area contributed by atoms with Crippen molar-refractivity contribution in [1.82, 2.24) is 0 Å². The van der Waals surface area contributed by atoms with Crippen LogP contribution in [0, 0.1) is 0 Å². The molecule has 29 heteroatoms. The monoisotopic (exact) mass is 1940 g/mol. The highest BCUT2D eigenvalue weighted by molar-refractivity contribution is 5.82. The van der Waals surface area contributed by atoms with E-state index in [9.17, 15) is 19.8 Å². The van der Waals surface area contributed by atoms with Crippen molar-refractivity contribution in [2.24, 2.45) is 0 Å². The number of methoxy groups -OCH3 is 8. The summed E-state index contributed by atoms with van der Waals surface area (Å²) in [5, 5.41) is 21.6. The number of rotatable bonds is 69. The first-order valence-corrected chi connectivity index (χ1v) is 47.3. The van der Waals surface area contributed by atoms with Gasteiger partial charge >= 0.3 is 11.9 Å². The van der Waals surface area contributed by atoms with E-state index in [0.29, 0.717) is 132 Å². The molecule has 0 saturated carbocycles. The molecule has 4 aromatic rings. The standard InChI is InChI=1S/C26H46O8.3C26H42O6.C4H6O3/c1-19(14-29-7)31-16-21(3)33-18-25(5,27)24-11-9-23(10-12-24)13-26(6,28)34-22(4)17-32-20(2)15-30-8;3*1-19(13-29-23(5)17-31-21(3)15-27-7)25-9-11-26(12-10-25)20(2)14-30-24(6)18-32-22(4)16-28-8;1-3(5)7-4(2)6/h9-12,19-22,27-28H,13-18H2,1-8H3;9-14,21-24H,15-18H2,1-8H3;9-12,14,21-24H,1,13,15-18H2,2-8H3;9-12,21-24H,1-2,13-18H2,3-8H3;1-2H3. The second kappa shape index (κ2) is 76.6. The Morgan fingerprint density at radius 3 is 0.708 bits per heavy atom. The maximum atomic E-state index is 10.9. The maximum Gasteiger partial charge on any atom is 0.310 e. The Morgan fingerprint density at radius 2 is 0.489 bits per heavy atom. The summed E-state index contributed by atoms with van der Waals surface area (Å²) in [6, 6.07) is 32.2. The molecule has 18 atom stereocenters. The van der Waals surface area contributed by atoms with Crippen molar-refractivity contribution < 1.29 is 138 Å². The fourth-order valence-corrected chi connectivity index (χ4v) is 12.2. The fourth-order valence-electron chi connectivity index (χ4n) is 12.2. The predicted molar refractivity (Wildman–Crippen MR) is 542 cm³/mol. The Kier molecular flexibility index (Phi) is 72.7. The van der Waals surface area contributed by atoms with Gasteiger partial charge < -0.3 is 129 Å². The third-order valence-electron chi connectivity index (χ3n) is 19.9. The average Bonchev–Trinajstić information content (AvgIpc) is 0.825. The number of hydrogen-bond donors (Lipinski definition) is 2. The first-order chi connectivity index (χ1) is 64.8. The Hall–Kier alpha value is -7.06. The van der Waals surface area contributed by atoms with Gasteiger partial charge in [-0.1, -0.05) is 117 Å². The van der Waals surface area contributed by atoms with Crippen molar-refractivity contribution in [2.75, 3.05) is 189 Å². The topological polar surface area (TPSA) is 305 Å². The lowest BCUT2D eigenvalue weighted by Crippen LogP contribution is -2.37. The third kappa shape index (κ3) is 66.4. The quantitative estimate of drug-likeness (QED) is 0.0180. The molecule has 0 bridgehead atoms. The minimum atomic E-state index is -1.35. The van der Waals surface area contributed by atoms with Gasteiger partial charge in [-0.25, -0.2) is 0 Å². The summed E-state index contributed by atoms with van der Waals surface area (Å²) in [4.78, 5) is 19.6. The van der Waals surface area contributed by atoms with Gasteiger partial charge in [-0.05, 0) is 223 Å². The highest BCUT2D eigenvalue weighted by atomic mass is 16.6. The normalized spacial score (nSPS) is 16.2. The molecule has 0 spiro atoms. The summed E-state index contributed by atoms with van der Waals surface area (Å²) in [6.07, 6.45) is 5.32. The Labute approximate surface area is 823 Å². The van der Waals surface area contributed by atoms with Crippen molar-refractivity contribution in [2.45, 2.75) is 275 Å². The lowest BCUT2D eigenvalue weighted by atomic mass is 9.94. The summed E-state index contributed by atoms with van der Waals surface area (Å²) < 4.78 is 137. The van der Waals surface area contributed by atoms with E-state index in [1.54, 1.807) is 89.5 Å². The molecule has 784 valence electrons. The summed E-state index contributed by atoms with van der Waals surface area (Å²) >= 11 is 0. The van der Waals surface area contributed by atoms with Gasteiger partial charge in [-0.15, -0.1) is 0 Å². The third-order valence-corrected chi connectivity index (χ3v) is 19.9. The number of carbonyl (C=O) groups is 2. The van der Waals surface area contributed by atoms with Crippen LogP contribution in [0.4, 0.5) is 0 Å². The van der Waals surface area contributed by atoms with Crippen LogP contribution in [0.5, 0.6) is 0 Å². The van der Waals surface area contributed by atoms with Crippen molar-refractivity contribution in [3.05, 3.63) is 180 Å². The Bertz CT molecular complexity index is 3720. The molecule has 0 heterocycles. The summed E-state index contributed by atoms with van der Waals surface area (Å²) in [6.45, 7) is 65.6. The van der Waals surface area contributed by atoms with Crippen molar-refractivity contribution >= 4 is 45.4 Å². The lowest BCUT2D eigenvalue weighted by Gasteiger charge is -2.29. The van der Waals surface area contributed by atoms with E-state index < -0.39 is 23.3 Å². The second-order valence-electron chi connectivity index (χ2n) is 35.4. The molecule has 0 aliphatic rings. The maximum absolute atomic E-state index is 10.9. The highest BCUT2D eigenvalue weighted by Gasteiger charge is 2.29. The van der Waals surface area contributed by atoms with Gasteiger partial charge in [-0.3, -0.25) is 9.59 Å². The van der Waals surface area contributed by atoms with Gasteiger partial charge in [0.15, 0.2) is 5.79 Å². The first kappa shape index (κ1) is 130. The van der Waals surface area contributed by atoms with Crippen molar-refractivity contribution in [3.63, 3.8) is 0 Å². The van der Waals surface area contributed by atoms with Gasteiger partial charge in [-0.2, -0.15) is 0 Å². The molecule has 0 fully saturated rings. The zero-order chi connectivity index (χ0) is 103. The van der Waals surface area contributed by atoms with Gasteiger partial charge in [0, 0.05) is 77.1 Å². The van der Waals surface area contributed by atoms with E-state index in [4.69, 9.17) is 114 Å². The SMILES string of the molecule is C=C(COC(C)COC(C)COC)c1ccc(C(=C)COC(C)COC(C)COC)cc1.C=C(COC(C)COC(C)COC)c1ccc(C(C)=COC(C)COC(C)COC)cc1.CC(=O)OC(C)=O.COCC(C)OCC(C)OC=C(C)c1ccc(C(C)=COC(C)COC(C)COC)cc1.COCC(C)OCC(C)OCC(C)(O)c1ccc(CC(C)(O)OC(C)COC(C)COC)cc1. The molecular weight excluding hydrogens is 1760 g/mol. The van der Waals surface area contributed by atoms with Gasteiger partial charge in [0.2, 0.25) is 0 Å². The number of benzene rings is 4. The van der Waals surface area contributed by atoms with Crippen LogP contribution in [0.2, 0.25) is 0 Å². The fraction of sp³-hybridized carbons (Fsp3) is 0.648. The molecular formula is C108H178O29. The molecule has 0 amide bonds. The van der Waals surface area contributed by atoms with E-state index in [1.165, 1.54) is 13.8 Å². The number of hydrogen-bond acceptors (Lipinski definition) is 29. The molecule has 0 saturated heterocycles. The molecule has 137 heavy (non-hydrogen) atoms. The van der Waals surface area contributed by atoms with E-state index in [-0.39, 0.29) is 104 Å². The lowest BCUT2D eigenvalue weighted by molar-refractivity contribution is -0.224. The predicted octanol–water partition coefficient (Wildman–Crippen LogP) is 18.1. The first-order valence-electron chi connectivity index (χ1n) is 47.3. The van der Waals surface area contributed by atoms with E-state index >= 15 is 0 Å². The van der Waals surface area contributed by atoms with Crippen LogP contribution in [0.1, 0.15) is 204 Å². The summed E-state index contributed by atoms with van der Waals surface area (Å²) in [5.74, 6) is -2.48. The molecule has 29 nitrogen and oxygen atoms in total. The largest absolute Gasteiger partial charge is 0.496 e. The molecule has 2 N–H and O–H groups in total. The van der Waals surface area contributed by atoms with Crippen LogP contribution < -0.4 is 0 Å². The number of allylic oxidation sites excluding steroid dienone is 3. The smallest absolute Gasteiger partial charge is 0.310 e. The van der Waals surface area contributed by atoms with Gasteiger partial charge in [0.1, 0.15) is 23.9 Å². The zero-order valence-electron chi connectivity index (χ0n) is 89.1. The van der Waals surface area contributed by atoms with Crippen molar-refractivity contribution in [1.29, 1.82) is 0 Å². The number of carbonyl (C=O) groups excluding carboxylic acids is 2. The van der Waals surface area contributed by atoms with Crippen LogP contribution in [-0.4, -0.2) is 315 Å². The minimum Gasteiger partial charge on any atom is -0.496 e. The van der Waals surface area contributed by atoms with Crippen LogP contribution in [-0.2, 0) is 140 Å². The molecule has 4 rings (SSSR count). The number of esters is 2. The van der Waals surface area contributed by atoms with Crippen molar-refractivity contribution in [3.8, 4) is 0 Å². The van der Waals surface area contributed by atoms with Crippen LogP contribution in [0.15, 0.2) is 136 Å². The molecule has 4 aromatic carbocycles. The summed E-state index contributed by atoms with van der Waals surface area (Å²) in [5.41, 5.74) is 12.8. The van der Waals surface area contributed by atoms with Crippen LogP contribution >= 0.6 is 0 Å². The van der Waals surface area contributed by atoms with E-state index in [0.717, 1.165) is 77.9 Å². The second-order valence-corrected chi connectivity index (χ2v) is 35.4. The van der Waals surface area contributed by atoms with Crippen LogP contribution in [0.25, 0.3) is 33.4 Å². The van der Waals surface area contributed by atoms with Crippen LogP contribution in [0.3, 0.4) is 0 Å². The van der Waals surface area contributed by atoms with E-state index in [1.807, 2.05) is 180 Å². The van der Waals surface area contributed by atoms with E-state index in [2.05, 4.69) is 73.0 Å². The molecule has 0 aromatic heterocycles.